The van der Waals surface area contributed by atoms with E-state index < -0.39 is 0 Å². The highest BCUT2D eigenvalue weighted by molar-refractivity contribution is 5.89. The summed E-state index contributed by atoms with van der Waals surface area (Å²) < 4.78 is 9.87. The Morgan fingerprint density at radius 3 is 2.14 bits per heavy atom. The molecule has 1 aliphatic heterocycles. The Balaban J connectivity index is 1.46. The second-order valence-electron chi connectivity index (χ2n) is 6.52. The lowest BCUT2D eigenvalue weighted by Gasteiger charge is -2.36. The van der Waals surface area contributed by atoms with Gasteiger partial charge < -0.3 is 24.6 Å². The maximum absolute atomic E-state index is 12.4. The van der Waals surface area contributed by atoms with Gasteiger partial charge >= 0.3 is 12.0 Å². The minimum Gasteiger partial charge on any atom is -0.497 e. The van der Waals surface area contributed by atoms with Crippen LogP contribution in [0.1, 0.15) is 15.9 Å². The van der Waals surface area contributed by atoms with Crippen molar-refractivity contribution in [2.24, 2.45) is 0 Å². The van der Waals surface area contributed by atoms with Gasteiger partial charge in [0.2, 0.25) is 0 Å². The van der Waals surface area contributed by atoms with Gasteiger partial charge in [0, 0.05) is 38.4 Å². The zero-order valence-corrected chi connectivity index (χ0v) is 16.2. The normalized spacial score (nSPS) is 13.8. The monoisotopic (exact) mass is 383 g/mol. The van der Waals surface area contributed by atoms with Crippen LogP contribution < -0.4 is 15.0 Å². The van der Waals surface area contributed by atoms with Gasteiger partial charge in [-0.1, -0.05) is 12.1 Å². The molecule has 1 N–H and O–H groups in total. The lowest BCUT2D eigenvalue weighted by atomic mass is 10.1. The molecule has 148 valence electrons. The number of nitrogens with zero attached hydrogens (tertiary/aromatic N) is 2. The van der Waals surface area contributed by atoms with Crippen LogP contribution in [-0.4, -0.2) is 57.3 Å². The second kappa shape index (κ2) is 9.12. The first-order chi connectivity index (χ1) is 13.6. The van der Waals surface area contributed by atoms with E-state index in [0.717, 1.165) is 30.1 Å². The minimum atomic E-state index is -0.370. The minimum absolute atomic E-state index is 0.0774. The molecule has 1 heterocycles. The SMILES string of the molecule is COC(=O)c1ccc(CNC(=O)N2CCN(c3ccc(OC)cc3)CC2)cc1. The standard InChI is InChI=1S/C21H25N3O4/c1-27-19-9-7-18(8-10-19)23-11-13-24(14-12-23)21(26)22-15-16-3-5-17(6-4-16)20(25)28-2/h3-10H,11-15H2,1-2H3,(H,22,26). The summed E-state index contributed by atoms with van der Waals surface area (Å²) in [7, 11) is 3.00. The van der Waals surface area contributed by atoms with Crippen molar-refractivity contribution in [1.82, 2.24) is 10.2 Å². The maximum atomic E-state index is 12.4. The number of carbonyl (C=O) groups is 2. The molecule has 0 spiro atoms. The molecule has 0 aliphatic carbocycles. The van der Waals surface area contributed by atoms with Crippen LogP contribution in [0, 0.1) is 0 Å². The van der Waals surface area contributed by atoms with E-state index >= 15 is 0 Å². The number of amides is 2. The third kappa shape index (κ3) is 4.73. The van der Waals surface area contributed by atoms with Gasteiger partial charge in [-0.15, -0.1) is 0 Å². The van der Waals surface area contributed by atoms with Crippen LogP contribution in [-0.2, 0) is 11.3 Å². The van der Waals surface area contributed by atoms with Gasteiger partial charge in [0.15, 0.2) is 0 Å². The number of piperazine rings is 1. The highest BCUT2D eigenvalue weighted by Gasteiger charge is 2.21. The van der Waals surface area contributed by atoms with Crippen molar-refractivity contribution in [2.75, 3.05) is 45.3 Å². The summed E-state index contributed by atoms with van der Waals surface area (Å²) in [5.74, 6) is 0.465. The average Bonchev–Trinajstić information content (AvgIpc) is 2.77. The van der Waals surface area contributed by atoms with Crippen molar-refractivity contribution in [2.45, 2.75) is 6.54 Å². The lowest BCUT2D eigenvalue weighted by Crippen LogP contribution is -2.51. The van der Waals surface area contributed by atoms with Crippen LogP contribution in [0.2, 0.25) is 0 Å². The molecule has 28 heavy (non-hydrogen) atoms. The Morgan fingerprint density at radius 2 is 1.57 bits per heavy atom. The Hall–Kier alpha value is -3.22. The Morgan fingerprint density at radius 1 is 0.929 bits per heavy atom. The molecule has 2 aromatic rings. The van der Waals surface area contributed by atoms with Crippen LogP contribution in [0.3, 0.4) is 0 Å². The molecule has 2 aromatic carbocycles. The van der Waals surface area contributed by atoms with E-state index in [4.69, 9.17) is 4.74 Å². The number of rotatable bonds is 5. The topological polar surface area (TPSA) is 71.1 Å². The summed E-state index contributed by atoms with van der Waals surface area (Å²) >= 11 is 0. The molecule has 3 rings (SSSR count). The van der Waals surface area contributed by atoms with Gasteiger partial charge in [0.25, 0.3) is 0 Å². The van der Waals surface area contributed by atoms with Crippen molar-refractivity contribution in [3.63, 3.8) is 0 Å². The molecule has 1 aliphatic rings. The maximum Gasteiger partial charge on any atom is 0.337 e. The van der Waals surface area contributed by atoms with Crippen molar-refractivity contribution >= 4 is 17.7 Å². The number of urea groups is 1. The van der Waals surface area contributed by atoms with E-state index in [9.17, 15) is 9.59 Å². The lowest BCUT2D eigenvalue weighted by molar-refractivity contribution is 0.0600. The van der Waals surface area contributed by atoms with Gasteiger partial charge in [-0.2, -0.15) is 0 Å². The number of carbonyl (C=O) groups excluding carboxylic acids is 2. The van der Waals surface area contributed by atoms with Gasteiger partial charge in [0.1, 0.15) is 5.75 Å². The van der Waals surface area contributed by atoms with Crippen LogP contribution in [0.15, 0.2) is 48.5 Å². The summed E-state index contributed by atoms with van der Waals surface area (Å²) in [6, 6.07) is 14.9. The molecule has 0 unspecified atom stereocenters. The first-order valence-electron chi connectivity index (χ1n) is 9.19. The van der Waals surface area contributed by atoms with E-state index in [-0.39, 0.29) is 12.0 Å². The number of anilines is 1. The molecule has 0 radical (unpaired) electrons. The third-order valence-electron chi connectivity index (χ3n) is 4.82. The van der Waals surface area contributed by atoms with Gasteiger partial charge in [0.05, 0.1) is 19.8 Å². The first-order valence-corrected chi connectivity index (χ1v) is 9.19. The summed E-state index contributed by atoms with van der Waals surface area (Å²) in [5.41, 5.74) is 2.55. The van der Waals surface area contributed by atoms with Gasteiger partial charge in [-0.05, 0) is 42.0 Å². The Bertz CT molecular complexity index is 797. The van der Waals surface area contributed by atoms with Gasteiger partial charge in [-0.3, -0.25) is 0 Å². The largest absolute Gasteiger partial charge is 0.497 e. The van der Waals surface area contributed by atoms with Crippen molar-refractivity contribution in [3.8, 4) is 5.75 Å². The second-order valence-corrected chi connectivity index (χ2v) is 6.52. The third-order valence-corrected chi connectivity index (χ3v) is 4.82. The molecule has 0 saturated carbocycles. The highest BCUT2D eigenvalue weighted by atomic mass is 16.5. The van der Waals surface area contributed by atoms with E-state index in [1.54, 1.807) is 19.2 Å². The summed E-state index contributed by atoms with van der Waals surface area (Å²) in [6.45, 7) is 3.32. The number of ether oxygens (including phenoxy) is 2. The Labute approximate surface area is 164 Å². The zero-order valence-electron chi connectivity index (χ0n) is 16.2. The first kappa shape index (κ1) is 19.5. The fourth-order valence-corrected chi connectivity index (χ4v) is 3.13. The zero-order chi connectivity index (χ0) is 19.9. The molecule has 0 bridgehead atoms. The predicted molar refractivity (Wildman–Crippen MR) is 107 cm³/mol. The van der Waals surface area contributed by atoms with Crippen LogP contribution in [0.25, 0.3) is 0 Å². The molecule has 7 heteroatoms. The van der Waals surface area contributed by atoms with Crippen LogP contribution in [0.5, 0.6) is 5.75 Å². The molecule has 1 fully saturated rings. The van der Waals surface area contributed by atoms with Crippen LogP contribution in [0.4, 0.5) is 10.5 Å². The number of nitrogens with one attached hydrogen (secondary N) is 1. The fraction of sp³-hybridized carbons (Fsp3) is 0.333. The summed E-state index contributed by atoms with van der Waals surface area (Å²) in [4.78, 5) is 28.0. The van der Waals surface area contributed by atoms with E-state index in [1.165, 1.54) is 7.11 Å². The molecule has 0 aromatic heterocycles. The Kier molecular flexibility index (Phi) is 6.37. The number of hydrogen-bond acceptors (Lipinski definition) is 5. The van der Waals surface area contributed by atoms with Crippen LogP contribution >= 0.6 is 0 Å². The van der Waals surface area contributed by atoms with Crippen molar-refractivity contribution in [3.05, 3.63) is 59.7 Å². The fourth-order valence-electron chi connectivity index (χ4n) is 3.13. The number of hydrogen-bond donors (Lipinski definition) is 1. The average molecular weight is 383 g/mol. The molecular formula is C21H25N3O4. The van der Waals surface area contributed by atoms with E-state index in [0.29, 0.717) is 25.2 Å². The molecule has 2 amide bonds. The molecule has 0 atom stereocenters. The molecule has 7 nitrogen and oxygen atoms in total. The smallest absolute Gasteiger partial charge is 0.337 e. The van der Waals surface area contributed by atoms with Crippen molar-refractivity contribution < 1.29 is 19.1 Å². The van der Waals surface area contributed by atoms with Crippen molar-refractivity contribution in [1.29, 1.82) is 0 Å². The quantitative estimate of drug-likeness (QED) is 0.804. The number of esters is 1. The highest BCUT2D eigenvalue weighted by Crippen LogP contribution is 2.20. The molecule has 1 saturated heterocycles. The number of benzene rings is 2. The number of methoxy groups -OCH3 is 2. The molecular weight excluding hydrogens is 358 g/mol. The van der Waals surface area contributed by atoms with Gasteiger partial charge in [-0.25, -0.2) is 9.59 Å². The predicted octanol–water partition coefficient (Wildman–Crippen LogP) is 2.51. The van der Waals surface area contributed by atoms with E-state index in [2.05, 4.69) is 15.0 Å². The van der Waals surface area contributed by atoms with E-state index in [1.807, 2.05) is 41.3 Å². The summed E-state index contributed by atoms with van der Waals surface area (Å²) in [6.07, 6.45) is 0. The summed E-state index contributed by atoms with van der Waals surface area (Å²) in [5, 5.41) is 2.94.